The lowest BCUT2D eigenvalue weighted by Crippen LogP contribution is -2.25. The molecule has 0 unspecified atom stereocenters. The molecule has 1 amide bonds. The predicted octanol–water partition coefficient (Wildman–Crippen LogP) is 3.54. The number of carbonyl (C=O) groups excluding carboxylic acids is 1. The number of carbonyl (C=O) groups is 1. The van der Waals surface area contributed by atoms with Gasteiger partial charge in [-0.05, 0) is 24.5 Å². The van der Waals surface area contributed by atoms with Gasteiger partial charge < -0.3 is 5.32 Å². The molecule has 1 saturated carbocycles. The number of amides is 1. The van der Waals surface area contributed by atoms with Crippen LogP contribution in [-0.2, 0) is 0 Å². The molecule has 1 aromatic heterocycles. The highest BCUT2D eigenvalue weighted by molar-refractivity contribution is 6.05. The first-order valence-electron chi connectivity index (χ1n) is 7.46. The highest BCUT2D eigenvalue weighted by Gasteiger charge is 2.15. The average Bonchev–Trinajstić information content (AvgIpc) is 3.00. The molecule has 0 spiro atoms. The smallest absolute Gasteiger partial charge is 0.252 e. The van der Waals surface area contributed by atoms with Gasteiger partial charge in [-0.25, -0.2) is 0 Å². The van der Waals surface area contributed by atoms with E-state index in [2.05, 4.69) is 10.3 Å². The quantitative estimate of drug-likeness (QED) is 0.921. The van der Waals surface area contributed by atoms with E-state index in [4.69, 9.17) is 0 Å². The van der Waals surface area contributed by atoms with E-state index in [1.807, 2.05) is 24.3 Å². The minimum absolute atomic E-state index is 0.0154. The maximum Gasteiger partial charge on any atom is 0.252 e. The van der Waals surface area contributed by atoms with E-state index in [0.29, 0.717) is 0 Å². The molecule has 3 nitrogen and oxygen atoms in total. The Hall–Kier alpha value is -1.90. The predicted molar refractivity (Wildman–Crippen MR) is 80.7 cm³/mol. The van der Waals surface area contributed by atoms with Gasteiger partial charge in [0.1, 0.15) is 0 Å². The van der Waals surface area contributed by atoms with Crippen molar-refractivity contribution in [2.24, 2.45) is 5.92 Å². The standard InChI is InChI=1S/C17H20N2O/c20-17(19-11-9-13-5-1-2-6-13)15-10-12-18-16-8-4-3-7-14(15)16/h3-4,7-8,10,12-13H,1-2,5-6,9,11H2,(H,19,20). The average molecular weight is 268 g/mol. The highest BCUT2D eigenvalue weighted by atomic mass is 16.1. The van der Waals surface area contributed by atoms with Crippen LogP contribution < -0.4 is 5.32 Å². The first-order valence-corrected chi connectivity index (χ1v) is 7.46. The van der Waals surface area contributed by atoms with Gasteiger partial charge >= 0.3 is 0 Å². The van der Waals surface area contributed by atoms with Crippen molar-refractivity contribution in [3.63, 3.8) is 0 Å². The molecule has 0 atom stereocenters. The summed E-state index contributed by atoms with van der Waals surface area (Å²) >= 11 is 0. The van der Waals surface area contributed by atoms with Gasteiger partial charge in [0, 0.05) is 18.1 Å². The molecular weight excluding hydrogens is 248 g/mol. The molecule has 3 heteroatoms. The topological polar surface area (TPSA) is 42.0 Å². The molecule has 1 N–H and O–H groups in total. The van der Waals surface area contributed by atoms with Crippen molar-refractivity contribution in [3.05, 3.63) is 42.1 Å². The summed E-state index contributed by atoms with van der Waals surface area (Å²) in [6.07, 6.45) is 8.17. The number of nitrogens with zero attached hydrogens (tertiary/aromatic N) is 1. The number of hydrogen-bond donors (Lipinski definition) is 1. The number of rotatable bonds is 4. The molecule has 1 heterocycles. The van der Waals surface area contributed by atoms with E-state index in [1.54, 1.807) is 12.3 Å². The number of aromatic nitrogens is 1. The van der Waals surface area contributed by atoms with Gasteiger partial charge in [0.15, 0.2) is 0 Å². The number of benzene rings is 1. The van der Waals surface area contributed by atoms with Crippen LogP contribution in [-0.4, -0.2) is 17.4 Å². The molecule has 1 aliphatic rings. The van der Waals surface area contributed by atoms with Crippen molar-refractivity contribution in [3.8, 4) is 0 Å². The van der Waals surface area contributed by atoms with Gasteiger partial charge in [-0.3, -0.25) is 9.78 Å². The third-order valence-electron chi connectivity index (χ3n) is 4.21. The zero-order chi connectivity index (χ0) is 13.8. The number of pyridine rings is 1. The first-order chi connectivity index (χ1) is 9.84. The summed E-state index contributed by atoms with van der Waals surface area (Å²) < 4.78 is 0. The molecule has 2 aromatic rings. The summed E-state index contributed by atoms with van der Waals surface area (Å²) in [5.41, 5.74) is 1.60. The van der Waals surface area contributed by atoms with Crippen LogP contribution in [0.25, 0.3) is 10.9 Å². The van der Waals surface area contributed by atoms with Gasteiger partial charge in [-0.2, -0.15) is 0 Å². The fraction of sp³-hybridized carbons (Fsp3) is 0.412. The zero-order valence-electron chi connectivity index (χ0n) is 11.6. The molecule has 0 bridgehead atoms. The zero-order valence-corrected chi connectivity index (χ0v) is 11.6. The van der Waals surface area contributed by atoms with Gasteiger partial charge in [0.25, 0.3) is 5.91 Å². The number of fused-ring (bicyclic) bond motifs is 1. The molecule has 0 aliphatic heterocycles. The van der Waals surface area contributed by atoms with Gasteiger partial charge in [0.05, 0.1) is 11.1 Å². The van der Waals surface area contributed by atoms with Crippen LogP contribution in [0.3, 0.4) is 0 Å². The Kier molecular flexibility index (Phi) is 3.95. The molecule has 20 heavy (non-hydrogen) atoms. The minimum Gasteiger partial charge on any atom is -0.352 e. The van der Waals surface area contributed by atoms with Crippen LogP contribution in [0.4, 0.5) is 0 Å². The SMILES string of the molecule is O=C(NCCC1CCCC1)c1ccnc2ccccc12. The highest BCUT2D eigenvalue weighted by Crippen LogP contribution is 2.27. The number of para-hydroxylation sites is 1. The maximum atomic E-state index is 12.3. The Morgan fingerprint density at radius 1 is 1.20 bits per heavy atom. The summed E-state index contributed by atoms with van der Waals surface area (Å²) in [6.45, 7) is 0.778. The van der Waals surface area contributed by atoms with Crippen LogP contribution in [0.5, 0.6) is 0 Å². The summed E-state index contributed by atoms with van der Waals surface area (Å²) in [7, 11) is 0. The molecule has 1 aromatic carbocycles. The molecular formula is C17H20N2O. The van der Waals surface area contributed by atoms with E-state index in [0.717, 1.165) is 35.3 Å². The normalized spacial score (nSPS) is 15.6. The van der Waals surface area contributed by atoms with E-state index in [9.17, 15) is 4.79 Å². The summed E-state index contributed by atoms with van der Waals surface area (Å²) in [5, 5.41) is 3.98. The fourth-order valence-electron chi connectivity index (χ4n) is 3.08. The molecule has 1 aliphatic carbocycles. The largest absolute Gasteiger partial charge is 0.352 e. The second kappa shape index (κ2) is 6.04. The van der Waals surface area contributed by atoms with Gasteiger partial charge in [-0.15, -0.1) is 0 Å². The van der Waals surface area contributed by atoms with E-state index < -0.39 is 0 Å². The van der Waals surface area contributed by atoms with Crippen LogP contribution in [0.2, 0.25) is 0 Å². The summed E-state index contributed by atoms with van der Waals surface area (Å²) in [4.78, 5) is 16.6. The second-order valence-electron chi connectivity index (χ2n) is 5.57. The molecule has 3 rings (SSSR count). The Balaban J connectivity index is 1.66. The Morgan fingerprint density at radius 2 is 2.00 bits per heavy atom. The second-order valence-corrected chi connectivity index (χ2v) is 5.57. The maximum absolute atomic E-state index is 12.3. The lowest BCUT2D eigenvalue weighted by atomic mass is 10.0. The number of hydrogen-bond acceptors (Lipinski definition) is 2. The lowest BCUT2D eigenvalue weighted by molar-refractivity contribution is 0.0953. The van der Waals surface area contributed by atoms with Crippen molar-refractivity contribution in [2.75, 3.05) is 6.54 Å². The third-order valence-corrected chi connectivity index (χ3v) is 4.21. The van der Waals surface area contributed by atoms with Gasteiger partial charge in [0.2, 0.25) is 0 Å². The van der Waals surface area contributed by atoms with Crippen molar-refractivity contribution in [2.45, 2.75) is 32.1 Å². The monoisotopic (exact) mass is 268 g/mol. The summed E-state index contributed by atoms with van der Waals surface area (Å²) in [5.74, 6) is 0.825. The Bertz CT molecular complexity index is 597. The molecule has 1 fully saturated rings. The first kappa shape index (κ1) is 13.1. The van der Waals surface area contributed by atoms with Crippen molar-refractivity contribution >= 4 is 16.8 Å². The van der Waals surface area contributed by atoms with Crippen LogP contribution in [0, 0.1) is 5.92 Å². The van der Waals surface area contributed by atoms with Crippen molar-refractivity contribution < 1.29 is 4.79 Å². The minimum atomic E-state index is 0.0154. The fourth-order valence-corrected chi connectivity index (χ4v) is 3.08. The third kappa shape index (κ3) is 2.82. The Labute approximate surface area is 119 Å². The number of nitrogens with one attached hydrogen (secondary N) is 1. The van der Waals surface area contributed by atoms with Crippen LogP contribution in [0.15, 0.2) is 36.5 Å². The van der Waals surface area contributed by atoms with Crippen LogP contribution >= 0.6 is 0 Å². The molecule has 0 saturated heterocycles. The van der Waals surface area contributed by atoms with E-state index in [1.165, 1.54) is 25.7 Å². The molecule has 104 valence electrons. The van der Waals surface area contributed by atoms with E-state index >= 15 is 0 Å². The molecule has 0 radical (unpaired) electrons. The van der Waals surface area contributed by atoms with Crippen molar-refractivity contribution in [1.29, 1.82) is 0 Å². The lowest BCUT2D eigenvalue weighted by Gasteiger charge is -2.10. The summed E-state index contributed by atoms with van der Waals surface area (Å²) in [6, 6.07) is 9.57. The van der Waals surface area contributed by atoms with Crippen molar-refractivity contribution in [1.82, 2.24) is 10.3 Å². The van der Waals surface area contributed by atoms with Crippen LogP contribution in [0.1, 0.15) is 42.5 Å². The van der Waals surface area contributed by atoms with E-state index in [-0.39, 0.29) is 5.91 Å². The Morgan fingerprint density at radius 3 is 2.85 bits per heavy atom. The van der Waals surface area contributed by atoms with Gasteiger partial charge in [-0.1, -0.05) is 43.9 Å².